The van der Waals surface area contributed by atoms with Gasteiger partial charge in [-0.1, -0.05) is 69.4 Å². The largest absolute Gasteiger partial charge is 0.481 e. The molecule has 1 saturated heterocycles. The number of nitrogens with two attached hydrogens (primary N) is 1. The number of primary amides is 1. The number of carbonyl (C=O) groups is 3. The lowest BCUT2D eigenvalue weighted by molar-refractivity contribution is -0.310. The Hall–Kier alpha value is -2.65. The molecule has 1 heterocycles. The van der Waals surface area contributed by atoms with Crippen molar-refractivity contribution >= 4 is 17.8 Å². The van der Waals surface area contributed by atoms with Crippen LogP contribution in [0.1, 0.15) is 111 Å². The summed E-state index contributed by atoms with van der Waals surface area (Å²) < 4.78 is 23.6. The molecule has 52 heavy (non-hydrogen) atoms. The van der Waals surface area contributed by atoms with E-state index in [0.29, 0.717) is 19.4 Å². The number of unbranched alkanes of at least 4 members (excludes halogenated alkanes) is 5. The molecule has 7 N–H and O–H groups in total. The zero-order valence-corrected chi connectivity index (χ0v) is 31.9. The minimum Gasteiger partial charge on any atom is -0.481 e. The Bertz CT molecular complexity index is 1160. The van der Waals surface area contributed by atoms with Crippen molar-refractivity contribution in [1.82, 2.24) is 5.32 Å². The van der Waals surface area contributed by atoms with Crippen LogP contribution in [0.5, 0.6) is 0 Å². The van der Waals surface area contributed by atoms with Gasteiger partial charge in [0.1, 0.15) is 24.4 Å². The molecule has 2 amide bonds. The number of hydrogen-bond acceptors (Lipinski definition) is 10. The van der Waals surface area contributed by atoms with E-state index in [1.54, 1.807) is 6.92 Å². The molecule has 0 radical (unpaired) electrons. The smallest absolute Gasteiger partial charge is 0.306 e. The van der Waals surface area contributed by atoms with Gasteiger partial charge in [0.2, 0.25) is 11.8 Å². The van der Waals surface area contributed by atoms with Gasteiger partial charge < -0.3 is 50.4 Å². The van der Waals surface area contributed by atoms with E-state index in [-0.39, 0.29) is 38.9 Å². The first-order chi connectivity index (χ1) is 24.7. The van der Waals surface area contributed by atoms with Gasteiger partial charge in [0, 0.05) is 24.7 Å². The molecule has 9 atom stereocenters. The zero-order chi connectivity index (χ0) is 38.7. The lowest BCUT2D eigenvalue weighted by atomic mass is 9.87. The Morgan fingerprint density at radius 2 is 1.60 bits per heavy atom. The van der Waals surface area contributed by atoms with Crippen LogP contribution in [0.25, 0.3) is 0 Å². The fourth-order valence-electron chi connectivity index (χ4n) is 6.25. The number of nitrogens with one attached hydrogen (secondary N) is 1. The Morgan fingerprint density at radius 1 is 0.942 bits per heavy atom. The Kier molecular flexibility index (Phi) is 20.9. The van der Waals surface area contributed by atoms with Crippen LogP contribution in [0.2, 0.25) is 0 Å². The Balaban J connectivity index is 2.24. The number of amides is 2. The lowest BCUT2D eigenvalue weighted by Gasteiger charge is -2.43. The van der Waals surface area contributed by atoms with Crippen molar-refractivity contribution in [2.24, 2.45) is 17.6 Å². The van der Waals surface area contributed by atoms with Crippen LogP contribution < -0.4 is 11.1 Å². The third-order valence-corrected chi connectivity index (χ3v) is 9.33. The Morgan fingerprint density at radius 3 is 2.21 bits per heavy atom. The highest BCUT2D eigenvalue weighted by molar-refractivity contribution is 5.82. The lowest BCUT2D eigenvalue weighted by Crippen LogP contribution is -2.61. The van der Waals surface area contributed by atoms with Crippen LogP contribution in [0.4, 0.5) is 0 Å². The van der Waals surface area contributed by atoms with Crippen molar-refractivity contribution in [3.63, 3.8) is 0 Å². The van der Waals surface area contributed by atoms with E-state index in [1.807, 2.05) is 51.1 Å². The van der Waals surface area contributed by atoms with Crippen LogP contribution in [-0.2, 0) is 39.8 Å². The van der Waals surface area contributed by atoms with Crippen molar-refractivity contribution in [3.8, 4) is 0 Å². The van der Waals surface area contributed by atoms with Crippen LogP contribution >= 0.6 is 0 Å². The van der Waals surface area contributed by atoms with E-state index in [9.17, 15) is 34.8 Å². The van der Waals surface area contributed by atoms with E-state index in [1.165, 1.54) is 0 Å². The SMILES string of the molecule is CCCCCCCCOC1OC(CCOC(C)CO)C(O)C(OC(CC(CCC(CCc2ccccc2)C(=O)O)C(=O)NC(C)(C)C)C(N)=O)C1O. The second kappa shape index (κ2) is 23.9. The number of aryl methyl sites for hydroxylation is 1. The van der Waals surface area contributed by atoms with Crippen molar-refractivity contribution in [2.75, 3.05) is 19.8 Å². The second-order valence-electron chi connectivity index (χ2n) is 15.1. The Labute approximate surface area is 309 Å². The minimum atomic E-state index is -1.50. The first-order valence-electron chi connectivity index (χ1n) is 19.1. The number of carboxylic acid groups (broad SMARTS) is 1. The summed E-state index contributed by atoms with van der Waals surface area (Å²) in [6, 6.07) is 9.55. The van der Waals surface area contributed by atoms with E-state index in [0.717, 1.165) is 44.1 Å². The topological polar surface area (TPSA) is 207 Å². The van der Waals surface area contributed by atoms with E-state index < -0.39 is 78.1 Å². The average Bonchev–Trinajstić information content (AvgIpc) is 3.09. The minimum absolute atomic E-state index is 0.125. The number of carbonyl (C=O) groups excluding carboxylic acids is 2. The molecule has 0 bridgehead atoms. The van der Waals surface area contributed by atoms with Gasteiger partial charge in [0.25, 0.3) is 0 Å². The maximum atomic E-state index is 13.6. The number of hydrogen-bond donors (Lipinski definition) is 6. The molecule has 1 aliphatic heterocycles. The van der Waals surface area contributed by atoms with E-state index in [4.69, 9.17) is 24.7 Å². The zero-order valence-electron chi connectivity index (χ0n) is 31.9. The quantitative estimate of drug-likeness (QED) is 0.0753. The monoisotopic (exact) mass is 738 g/mol. The average molecular weight is 739 g/mol. The van der Waals surface area contributed by atoms with Crippen molar-refractivity contribution in [2.45, 2.75) is 160 Å². The van der Waals surface area contributed by atoms with Crippen molar-refractivity contribution in [3.05, 3.63) is 35.9 Å². The van der Waals surface area contributed by atoms with Crippen LogP contribution in [0.3, 0.4) is 0 Å². The summed E-state index contributed by atoms with van der Waals surface area (Å²) in [6.07, 6.45) is -0.885. The van der Waals surface area contributed by atoms with Gasteiger partial charge in [-0.25, -0.2) is 0 Å². The highest BCUT2D eigenvalue weighted by Gasteiger charge is 2.47. The highest BCUT2D eigenvalue weighted by atomic mass is 16.7. The summed E-state index contributed by atoms with van der Waals surface area (Å²) in [5.41, 5.74) is 6.22. The number of carboxylic acids is 1. The standard InChI is InChI=1S/C39H66N2O11/c1-6-7-8-9-10-14-22-50-38-33(44)34(32(43)30(52-38)21-23-49-26(2)25-42)51-31(35(40)45)24-29(36(46)41-39(3,4)5)20-19-28(37(47)48)18-17-27-15-12-11-13-16-27/h11-13,15-16,26,28-34,38,42-44H,6-10,14,17-25H2,1-5H3,(H2,40,45)(H,41,46)(H,47,48). The van der Waals surface area contributed by atoms with Crippen LogP contribution in [0.15, 0.2) is 30.3 Å². The molecule has 1 aromatic rings. The molecular weight excluding hydrogens is 672 g/mol. The van der Waals surface area contributed by atoms with Crippen molar-refractivity contribution in [1.29, 1.82) is 0 Å². The molecule has 13 heteroatoms. The molecule has 0 spiro atoms. The number of rotatable bonds is 26. The van der Waals surface area contributed by atoms with E-state index in [2.05, 4.69) is 12.2 Å². The van der Waals surface area contributed by atoms with Crippen LogP contribution in [0, 0.1) is 11.8 Å². The predicted octanol–water partition coefficient (Wildman–Crippen LogP) is 3.87. The fraction of sp³-hybridized carbons (Fsp3) is 0.769. The van der Waals surface area contributed by atoms with Gasteiger partial charge in [-0.2, -0.15) is 0 Å². The molecule has 9 unspecified atom stereocenters. The third kappa shape index (κ3) is 17.0. The fourth-order valence-corrected chi connectivity index (χ4v) is 6.25. The summed E-state index contributed by atoms with van der Waals surface area (Å²) >= 11 is 0. The van der Waals surface area contributed by atoms with Gasteiger partial charge in [-0.05, 0) is 78.2 Å². The van der Waals surface area contributed by atoms with Crippen LogP contribution in [-0.4, -0.2) is 106 Å². The third-order valence-electron chi connectivity index (χ3n) is 9.33. The summed E-state index contributed by atoms with van der Waals surface area (Å²) in [5, 5.41) is 45.0. The number of benzene rings is 1. The molecular formula is C39H66N2O11. The van der Waals surface area contributed by atoms with Gasteiger partial charge in [-0.3, -0.25) is 14.4 Å². The molecule has 0 saturated carbocycles. The number of aliphatic carboxylic acids is 1. The first kappa shape index (κ1) is 45.5. The molecule has 13 nitrogen and oxygen atoms in total. The molecule has 0 aromatic heterocycles. The number of aliphatic hydroxyl groups excluding tert-OH is 3. The van der Waals surface area contributed by atoms with Gasteiger partial charge in [0.05, 0.1) is 24.7 Å². The maximum absolute atomic E-state index is 13.6. The number of ether oxygens (including phenoxy) is 4. The van der Waals surface area contributed by atoms with Gasteiger partial charge in [0.15, 0.2) is 6.29 Å². The molecule has 1 aromatic carbocycles. The number of aliphatic hydroxyl groups is 3. The summed E-state index contributed by atoms with van der Waals surface area (Å²) in [6.45, 7) is 9.53. The molecule has 2 rings (SSSR count). The van der Waals surface area contributed by atoms with Gasteiger partial charge >= 0.3 is 5.97 Å². The highest BCUT2D eigenvalue weighted by Crippen LogP contribution is 2.30. The van der Waals surface area contributed by atoms with Gasteiger partial charge in [-0.15, -0.1) is 0 Å². The predicted molar refractivity (Wildman–Crippen MR) is 196 cm³/mol. The summed E-state index contributed by atoms with van der Waals surface area (Å²) in [4.78, 5) is 38.7. The van der Waals surface area contributed by atoms with E-state index >= 15 is 0 Å². The first-order valence-corrected chi connectivity index (χ1v) is 19.1. The molecule has 1 fully saturated rings. The molecule has 1 aliphatic rings. The summed E-state index contributed by atoms with van der Waals surface area (Å²) in [5.74, 6) is -3.88. The van der Waals surface area contributed by atoms with Crippen molar-refractivity contribution < 1.29 is 53.8 Å². The normalized spacial score (nSPS) is 23.0. The molecule has 298 valence electrons. The second-order valence-corrected chi connectivity index (χ2v) is 15.1. The maximum Gasteiger partial charge on any atom is 0.306 e. The summed E-state index contributed by atoms with van der Waals surface area (Å²) in [7, 11) is 0. The molecule has 0 aliphatic carbocycles.